The van der Waals surface area contributed by atoms with Crippen LogP contribution in [0, 0.1) is 0 Å². The number of Topliss-reactive ketones (excluding diaryl/α,β-unsaturated/α-hetero) is 1. The Bertz CT molecular complexity index is 1220. The summed E-state index contributed by atoms with van der Waals surface area (Å²) in [5, 5.41) is 3.05. The van der Waals surface area contributed by atoms with Crippen molar-refractivity contribution in [2.24, 2.45) is 0 Å². The monoisotopic (exact) mass is 530 g/mol. The summed E-state index contributed by atoms with van der Waals surface area (Å²) in [5.74, 6) is -0.262. The molecule has 1 fully saturated rings. The van der Waals surface area contributed by atoms with Crippen molar-refractivity contribution in [3.63, 3.8) is 0 Å². The first-order chi connectivity index (χ1) is 17.2. The van der Waals surface area contributed by atoms with Gasteiger partial charge in [-0.25, -0.2) is 8.42 Å². The number of carbonyl (C=O) groups excluding carboxylic acids is 2. The Morgan fingerprint density at radius 1 is 1.05 bits per heavy atom. The van der Waals surface area contributed by atoms with Crippen LogP contribution in [0.3, 0.4) is 0 Å². The number of methoxy groups -OCH3 is 1. The summed E-state index contributed by atoms with van der Waals surface area (Å²) < 4.78 is 38.4. The molecule has 1 atom stereocenters. The van der Waals surface area contributed by atoms with Crippen LogP contribution in [-0.4, -0.2) is 62.9 Å². The Morgan fingerprint density at radius 3 is 2.35 bits per heavy atom. The van der Waals surface area contributed by atoms with Crippen LogP contribution in [0.2, 0.25) is 0 Å². The largest absolute Gasteiger partial charge is 0.496 e. The third kappa shape index (κ3) is 7.63. The van der Waals surface area contributed by atoms with E-state index in [4.69, 9.17) is 9.47 Å². The molecule has 1 aliphatic rings. The number of ether oxygens (including phenoxy) is 2. The summed E-state index contributed by atoms with van der Waals surface area (Å²) in [5.41, 5.74) is 0.927. The molecular formula is C28H38N2O6S. The molecule has 37 heavy (non-hydrogen) atoms. The summed E-state index contributed by atoms with van der Waals surface area (Å²) >= 11 is 0. The number of nitrogens with zero attached hydrogens (tertiary/aromatic N) is 1. The minimum atomic E-state index is -3.60. The van der Waals surface area contributed by atoms with Crippen LogP contribution in [0.5, 0.6) is 5.75 Å². The highest BCUT2D eigenvalue weighted by atomic mass is 32.2. The van der Waals surface area contributed by atoms with Crippen molar-refractivity contribution >= 4 is 21.8 Å². The molecule has 2 aromatic carbocycles. The standard InChI is InChI=1S/C28H38N2O6S/c1-27(2,3)22-13-12-21(16-25(22)35-6)24(31)17-28(4,5)36-26(32)23-18-30(15-14-29-23)37(33,34)19-20-10-8-7-9-11-20/h7-13,16,23,29H,14-15,17-19H2,1-6H3. The molecule has 1 aliphatic heterocycles. The Hall–Kier alpha value is -2.75. The zero-order valence-corrected chi connectivity index (χ0v) is 23.4. The van der Waals surface area contributed by atoms with Crippen LogP contribution in [0.15, 0.2) is 48.5 Å². The van der Waals surface area contributed by atoms with Gasteiger partial charge in [-0.05, 0) is 36.5 Å². The van der Waals surface area contributed by atoms with E-state index >= 15 is 0 Å². The fraction of sp³-hybridized carbons (Fsp3) is 0.500. The predicted molar refractivity (Wildman–Crippen MR) is 143 cm³/mol. The van der Waals surface area contributed by atoms with Crippen LogP contribution >= 0.6 is 0 Å². The molecule has 1 heterocycles. The lowest BCUT2D eigenvalue weighted by Crippen LogP contribution is -2.57. The highest BCUT2D eigenvalue weighted by Gasteiger charge is 2.36. The predicted octanol–water partition coefficient (Wildman–Crippen LogP) is 3.69. The summed E-state index contributed by atoms with van der Waals surface area (Å²) in [6, 6.07) is 13.5. The normalized spacial score (nSPS) is 17.3. The van der Waals surface area contributed by atoms with Gasteiger partial charge in [0.2, 0.25) is 10.0 Å². The third-order valence-corrected chi connectivity index (χ3v) is 8.12. The Morgan fingerprint density at radius 2 is 1.73 bits per heavy atom. The maximum absolute atomic E-state index is 13.1. The number of piperazine rings is 1. The van der Waals surface area contributed by atoms with Crippen molar-refractivity contribution < 1.29 is 27.5 Å². The molecule has 0 aromatic heterocycles. The van der Waals surface area contributed by atoms with E-state index in [1.807, 2.05) is 12.1 Å². The quantitative estimate of drug-likeness (QED) is 0.390. The van der Waals surface area contributed by atoms with Gasteiger partial charge in [-0.1, -0.05) is 63.2 Å². The Balaban J connectivity index is 1.64. The lowest BCUT2D eigenvalue weighted by Gasteiger charge is -2.34. The summed E-state index contributed by atoms with van der Waals surface area (Å²) in [7, 11) is -2.03. The van der Waals surface area contributed by atoms with Gasteiger partial charge in [0, 0.05) is 25.2 Å². The number of ketones is 1. The second kappa shape index (κ2) is 11.3. The molecule has 1 N–H and O–H groups in total. The third-order valence-electron chi connectivity index (χ3n) is 6.30. The summed E-state index contributed by atoms with van der Waals surface area (Å²) in [6.07, 6.45) is -0.0283. The van der Waals surface area contributed by atoms with Crippen LogP contribution in [0.4, 0.5) is 0 Å². The van der Waals surface area contributed by atoms with Crippen molar-refractivity contribution in [3.05, 3.63) is 65.2 Å². The molecule has 0 aliphatic carbocycles. The second-order valence-electron chi connectivity index (χ2n) is 11.1. The minimum Gasteiger partial charge on any atom is -0.496 e. The van der Waals surface area contributed by atoms with Crippen molar-refractivity contribution in [1.29, 1.82) is 0 Å². The van der Waals surface area contributed by atoms with Crippen molar-refractivity contribution in [2.45, 2.75) is 63.9 Å². The lowest BCUT2D eigenvalue weighted by atomic mass is 9.85. The van der Waals surface area contributed by atoms with Gasteiger partial charge >= 0.3 is 5.97 Å². The van der Waals surface area contributed by atoms with Crippen LogP contribution in [-0.2, 0) is 30.7 Å². The molecule has 1 saturated heterocycles. The number of hydrogen-bond donors (Lipinski definition) is 1. The van der Waals surface area contributed by atoms with Gasteiger partial charge in [-0.2, -0.15) is 4.31 Å². The molecule has 2 aromatic rings. The van der Waals surface area contributed by atoms with Gasteiger partial charge in [0.05, 0.1) is 19.3 Å². The zero-order chi connectivity index (χ0) is 27.4. The smallest absolute Gasteiger partial charge is 0.325 e. The number of nitrogens with one attached hydrogen (secondary N) is 1. The fourth-order valence-corrected chi connectivity index (χ4v) is 5.90. The van der Waals surface area contributed by atoms with E-state index in [1.54, 1.807) is 57.4 Å². The fourth-order valence-electron chi connectivity index (χ4n) is 4.36. The first-order valence-electron chi connectivity index (χ1n) is 12.4. The molecule has 0 saturated carbocycles. The number of hydrogen-bond acceptors (Lipinski definition) is 7. The Labute approximate surface area is 220 Å². The number of rotatable bonds is 9. The molecule has 9 heteroatoms. The molecule has 3 rings (SSSR count). The topological polar surface area (TPSA) is 102 Å². The molecule has 202 valence electrons. The molecule has 8 nitrogen and oxygen atoms in total. The molecule has 0 bridgehead atoms. The van der Waals surface area contributed by atoms with Crippen LogP contribution in [0.1, 0.15) is 62.5 Å². The highest BCUT2D eigenvalue weighted by molar-refractivity contribution is 7.88. The van der Waals surface area contributed by atoms with E-state index in [2.05, 4.69) is 26.1 Å². The maximum atomic E-state index is 13.1. The molecule has 0 amide bonds. The van der Waals surface area contributed by atoms with E-state index in [9.17, 15) is 18.0 Å². The van der Waals surface area contributed by atoms with E-state index in [-0.39, 0.29) is 36.5 Å². The Kier molecular flexibility index (Phi) is 8.82. The van der Waals surface area contributed by atoms with E-state index in [1.165, 1.54) is 4.31 Å². The van der Waals surface area contributed by atoms with Gasteiger partial charge in [-0.3, -0.25) is 9.59 Å². The van der Waals surface area contributed by atoms with E-state index in [0.717, 1.165) is 5.56 Å². The first-order valence-corrected chi connectivity index (χ1v) is 14.0. The zero-order valence-electron chi connectivity index (χ0n) is 22.5. The van der Waals surface area contributed by atoms with Crippen molar-refractivity contribution in [1.82, 2.24) is 9.62 Å². The van der Waals surface area contributed by atoms with Gasteiger partial charge in [0.25, 0.3) is 0 Å². The second-order valence-corrected chi connectivity index (χ2v) is 13.0. The molecular weight excluding hydrogens is 492 g/mol. The van der Waals surface area contributed by atoms with E-state index in [0.29, 0.717) is 23.4 Å². The van der Waals surface area contributed by atoms with Crippen molar-refractivity contribution in [3.8, 4) is 5.75 Å². The summed E-state index contributed by atoms with van der Waals surface area (Å²) in [6.45, 7) is 10.1. The number of benzene rings is 2. The minimum absolute atomic E-state index is 0.0243. The van der Waals surface area contributed by atoms with Crippen molar-refractivity contribution in [2.75, 3.05) is 26.7 Å². The lowest BCUT2D eigenvalue weighted by molar-refractivity contribution is -0.159. The average Bonchev–Trinajstić information content (AvgIpc) is 2.83. The van der Waals surface area contributed by atoms with Gasteiger partial charge in [-0.15, -0.1) is 0 Å². The average molecular weight is 531 g/mol. The SMILES string of the molecule is COc1cc(C(=O)CC(C)(C)OC(=O)C2CN(S(=O)(=O)Cc3ccccc3)CCN2)ccc1C(C)(C)C. The number of esters is 1. The number of carbonyl (C=O) groups is 2. The highest BCUT2D eigenvalue weighted by Crippen LogP contribution is 2.32. The number of sulfonamides is 1. The molecule has 0 radical (unpaired) electrons. The van der Waals surface area contributed by atoms with Gasteiger partial charge < -0.3 is 14.8 Å². The van der Waals surface area contributed by atoms with Gasteiger partial charge in [0.15, 0.2) is 5.78 Å². The first kappa shape index (κ1) is 28.8. The maximum Gasteiger partial charge on any atom is 0.325 e. The summed E-state index contributed by atoms with van der Waals surface area (Å²) in [4.78, 5) is 26.0. The van der Waals surface area contributed by atoms with Gasteiger partial charge in [0.1, 0.15) is 17.4 Å². The molecule has 1 unspecified atom stereocenters. The van der Waals surface area contributed by atoms with E-state index < -0.39 is 27.6 Å². The molecule has 0 spiro atoms. The van der Waals surface area contributed by atoms with Crippen LogP contribution < -0.4 is 10.1 Å². The van der Waals surface area contributed by atoms with Crippen LogP contribution in [0.25, 0.3) is 0 Å².